The van der Waals surface area contributed by atoms with E-state index in [0.717, 1.165) is 22.8 Å². The third-order valence-corrected chi connectivity index (χ3v) is 2.94. The molecule has 2 aromatic rings. The normalized spacial score (nSPS) is 10.2. The van der Waals surface area contributed by atoms with Gasteiger partial charge in [0.25, 0.3) is 0 Å². The zero-order valence-corrected chi connectivity index (χ0v) is 10.4. The summed E-state index contributed by atoms with van der Waals surface area (Å²) in [5.74, 6) is 0.927. The number of aryl methyl sites for hydroxylation is 2. The van der Waals surface area contributed by atoms with Gasteiger partial charge in [0.15, 0.2) is 0 Å². The van der Waals surface area contributed by atoms with Gasteiger partial charge in [-0.2, -0.15) is 5.26 Å². The monoisotopic (exact) mass is 225 g/mol. The van der Waals surface area contributed by atoms with Gasteiger partial charge in [0.1, 0.15) is 5.82 Å². The van der Waals surface area contributed by atoms with E-state index in [1.165, 1.54) is 5.56 Å². The van der Waals surface area contributed by atoms with Crippen LogP contribution in [0.1, 0.15) is 17.0 Å². The fraction of sp³-hybridized carbons (Fsp3) is 0.286. The van der Waals surface area contributed by atoms with Gasteiger partial charge in [-0.15, -0.1) is 0 Å². The lowest BCUT2D eigenvalue weighted by atomic mass is 10.1. The van der Waals surface area contributed by atoms with Crippen molar-refractivity contribution in [3.8, 4) is 17.5 Å². The Morgan fingerprint density at radius 3 is 2.76 bits per heavy atom. The van der Waals surface area contributed by atoms with Crippen molar-refractivity contribution in [2.75, 3.05) is 0 Å². The Morgan fingerprint density at radius 2 is 2.12 bits per heavy atom. The number of hydrogen-bond donors (Lipinski definition) is 0. The molecule has 0 saturated carbocycles. The molecule has 0 bridgehead atoms. The highest BCUT2D eigenvalue weighted by atomic mass is 15.1. The number of rotatable bonds is 2. The van der Waals surface area contributed by atoms with E-state index in [1.54, 1.807) is 0 Å². The zero-order chi connectivity index (χ0) is 12.4. The molecule has 1 heterocycles. The fourth-order valence-electron chi connectivity index (χ4n) is 2.03. The minimum Gasteiger partial charge on any atom is -0.330 e. The SMILES string of the molecule is Cc1cccc(-c2nc(C)c(CC#N)n2C)c1. The Hall–Kier alpha value is -2.08. The number of nitriles is 1. The van der Waals surface area contributed by atoms with Crippen molar-refractivity contribution < 1.29 is 0 Å². The van der Waals surface area contributed by atoms with E-state index >= 15 is 0 Å². The molecule has 0 unspecified atom stereocenters. The molecule has 0 N–H and O–H groups in total. The summed E-state index contributed by atoms with van der Waals surface area (Å²) in [7, 11) is 1.96. The van der Waals surface area contributed by atoms with Gasteiger partial charge in [-0.3, -0.25) is 0 Å². The van der Waals surface area contributed by atoms with Crippen LogP contribution in [-0.4, -0.2) is 9.55 Å². The first-order valence-corrected chi connectivity index (χ1v) is 5.59. The van der Waals surface area contributed by atoms with Crippen molar-refractivity contribution in [3.63, 3.8) is 0 Å². The second kappa shape index (κ2) is 4.42. The molecule has 1 aromatic heterocycles. The van der Waals surface area contributed by atoms with Crippen molar-refractivity contribution in [2.45, 2.75) is 20.3 Å². The van der Waals surface area contributed by atoms with Crippen LogP contribution < -0.4 is 0 Å². The van der Waals surface area contributed by atoms with Crippen LogP contribution in [0.4, 0.5) is 0 Å². The molecule has 0 fully saturated rings. The molecule has 0 saturated heterocycles. The topological polar surface area (TPSA) is 41.6 Å². The quantitative estimate of drug-likeness (QED) is 0.788. The van der Waals surface area contributed by atoms with Crippen molar-refractivity contribution in [1.82, 2.24) is 9.55 Å². The molecule has 0 aliphatic heterocycles. The first kappa shape index (κ1) is 11.4. The summed E-state index contributed by atoms with van der Waals surface area (Å²) < 4.78 is 2.01. The maximum atomic E-state index is 8.80. The third-order valence-electron chi connectivity index (χ3n) is 2.94. The van der Waals surface area contributed by atoms with Crippen LogP contribution in [0.5, 0.6) is 0 Å². The second-order valence-corrected chi connectivity index (χ2v) is 4.23. The van der Waals surface area contributed by atoms with Crippen molar-refractivity contribution >= 4 is 0 Å². The van der Waals surface area contributed by atoms with Gasteiger partial charge in [0.05, 0.1) is 23.9 Å². The van der Waals surface area contributed by atoms with E-state index in [2.05, 4.69) is 30.1 Å². The highest BCUT2D eigenvalue weighted by Gasteiger charge is 2.12. The van der Waals surface area contributed by atoms with Crippen LogP contribution in [0, 0.1) is 25.2 Å². The molecule has 17 heavy (non-hydrogen) atoms. The van der Waals surface area contributed by atoms with Crippen LogP contribution in [0.3, 0.4) is 0 Å². The van der Waals surface area contributed by atoms with E-state index in [4.69, 9.17) is 5.26 Å². The van der Waals surface area contributed by atoms with E-state index in [-0.39, 0.29) is 0 Å². The molecule has 0 amide bonds. The number of hydrogen-bond acceptors (Lipinski definition) is 2. The molecule has 3 nitrogen and oxygen atoms in total. The van der Waals surface area contributed by atoms with E-state index in [1.807, 2.05) is 30.7 Å². The average molecular weight is 225 g/mol. The average Bonchev–Trinajstić information content (AvgIpc) is 2.57. The molecule has 3 heteroatoms. The maximum Gasteiger partial charge on any atom is 0.140 e. The predicted molar refractivity (Wildman–Crippen MR) is 67.4 cm³/mol. The van der Waals surface area contributed by atoms with Gasteiger partial charge in [0.2, 0.25) is 0 Å². The van der Waals surface area contributed by atoms with Gasteiger partial charge >= 0.3 is 0 Å². The summed E-state index contributed by atoms with van der Waals surface area (Å²) in [6.07, 6.45) is 0.404. The Labute approximate surface area is 101 Å². The lowest BCUT2D eigenvalue weighted by Gasteiger charge is -2.04. The Bertz CT molecular complexity index is 588. The minimum absolute atomic E-state index is 0.404. The molecule has 0 spiro atoms. The van der Waals surface area contributed by atoms with E-state index in [9.17, 15) is 0 Å². The first-order valence-electron chi connectivity index (χ1n) is 5.59. The lowest BCUT2D eigenvalue weighted by Crippen LogP contribution is -1.98. The van der Waals surface area contributed by atoms with Gasteiger partial charge in [0, 0.05) is 12.6 Å². The van der Waals surface area contributed by atoms with Crippen LogP contribution >= 0.6 is 0 Å². The molecule has 2 rings (SSSR count). The number of imidazole rings is 1. The van der Waals surface area contributed by atoms with Crippen LogP contribution in [-0.2, 0) is 13.5 Å². The highest BCUT2D eigenvalue weighted by molar-refractivity contribution is 5.58. The van der Waals surface area contributed by atoms with Gasteiger partial charge in [-0.05, 0) is 19.9 Å². The van der Waals surface area contributed by atoms with Gasteiger partial charge in [-0.1, -0.05) is 23.8 Å². The summed E-state index contributed by atoms with van der Waals surface area (Å²) in [5, 5.41) is 8.80. The van der Waals surface area contributed by atoms with E-state index < -0.39 is 0 Å². The van der Waals surface area contributed by atoms with Crippen LogP contribution in [0.25, 0.3) is 11.4 Å². The Balaban J connectivity index is 2.54. The number of benzene rings is 1. The molecular formula is C14H15N3. The van der Waals surface area contributed by atoms with Gasteiger partial charge in [-0.25, -0.2) is 4.98 Å². The summed E-state index contributed by atoms with van der Waals surface area (Å²) in [6, 6.07) is 10.4. The molecule has 0 radical (unpaired) electrons. The Morgan fingerprint density at radius 1 is 1.35 bits per heavy atom. The van der Waals surface area contributed by atoms with Crippen LogP contribution in [0.2, 0.25) is 0 Å². The maximum absolute atomic E-state index is 8.80. The molecular weight excluding hydrogens is 210 g/mol. The summed E-state index contributed by atoms with van der Waals surface area (Å²) in [4.78, 5) is 4.55. The molecule has 0 atom stereocenters. The second-order valence-electron chi connectivity index (χ2n) is 4.23. The van der Waals surface area contributed by atoms with Crippen LogP contribution in [0.15, 0.2) is 24.3 Å². The predicted octanol–water partition coefficient (Wildman–Crippen LogP) is 2.77. The Kier molecular flexibility index (Phi) is 2.97. The largest absolute Gasteiger partial charge is 0.330 e. The highest BCUT2D eigenvalue weighted by Crippen LogP contribution is 2.22. The molecule has 86 valence electrons. The molecule has 1 aromatic carbocycles. The lowest BCUT2D eigenvalue weighted by molar-refractivity contribution is 0.859. The zero-order valence-electron chi connectivity index (χ0n) is 10.4. The van der Waals surface area contributed by atoms with Crippen molar-refractivity contribution in [1.29, 1.82) is 5.26 Å². The number of aromatic nitrogens is 2. The first-order chi connectivity index (χ1) is 8.13. The smallest absolute Gasteiger partial charge is 0.140 e. The van der Waals surface area contributed by atoms with Gasteiger partial charge < -0.3 is 4.57 Å². The van der Waals surface area contributed by atoms with Crippen molar-refractivity contribution in [2.24, 2.45) is 7.05 Å². The summed E-state index contributed by atoms with van der Waals surface area (Å²) >= 11 is 0. The number of nitrogens with zero attached hydrogens (tertiary/aromatic N) is 3. The minimum atomic E-state index is 0.404. The standard InChI is InChI=1S/C14H15N3/c1-10-5-4-6-12(9-10)14-16-11(2)13(7-8-15)17(14)3/h4-6,9H,7H2,1-3H3. The van der Waals surface area contributed by atoms with E-state index in [0.29, 0.717) is 6.42 Å². The summed E-state index contributed by atoms with van der Waals surface area (Å²) in [5.41, 5.74) is 4.24. The molecule has 0 aliphatic rings. The molecule has 0 aliphatic carbocycles. The summed E-state index contributed by atoms with van der Waals surface area (Å²) in [6.45, 7) is 4.02. The van der Waals surface area contributed by atoms with Crippen molar-refractivity contribution in [3.05, 3.63) is 41.2 Å². The third kappa shape index (κ3) is 2.07. The fourth-order valence-corrected chi connectivity index (χ4v) is 2.03.